The van der Waals surface area contributed by atoms with Gasteiger partial charge < -0.3 is 10.1 Å². The first-order chi connectivity index (χ1) is 9.11. The molecule has 0 spiro atoms. The van der Waals surface area contributed by atoms with Crippen molar-refractivity contribution in [3.05, 3.63) is 40.7 Å². The lowest BCUT2D eigenvalue weighted by Gasteiger charge is -2.12. The largest absolute Gasteiger partial charge is 0.464 e. The highest BCUT2D eigenvalue weighted by Crippen LogP contribution is 2.26. The summed E-state index contributed by atoms with van der Waals surface area (Å²) in [5.74, 6) is -0.404. The molecule has 0 amide bonds. The molecule has 0 radical (unpaired) electrons. The number of carbonyl (C=O) groups is 1. The van der Waals surface area contributed by atoms with Gasteiger partial charge in [-0.1, -0.05) is 0 Å². The normalized spacial score (nSPS) is 11.9. The van der Waals surface area contributed by atoms with Gasteiger partial charge in [0.2, 0.25) is 0 Å². The number of methoxy groups -OCH3 is 1. The van der Waals surface area contributed by atoms with Gasteiger partial charge in [-0.15, -0.1) is 11.3 Å². The van der Waals surface area contributed by atoms with Crippen LogP contribution in [0.25, 0.3) is 0 Å². The minimum Gasteiger partial charge on any atom is -0.464 e. The van der Waals surface area contributed by atoms with Crippen LogP contribution in [0.2, 0.25) is 0 Å². The Morgan fingerprint density at radius 2 is 2.11 bits per heavy atom. The van der Waals surface area contributed by atoms with Gasteiger partial charge in [0.25, 0.3) is 0 Å². The van der Waals surface area contributed by atoms with Gasteiger partial charge in [0, 0.05) is 17.3 Å². The van der Waals surface area contributed by atoms with Crippen LogP contribution in [-0.4, -0.2) is 23.0 Å². The van der Waals surface area contributed by atoms with Crippen molar-refractivity contribution < 1.29 is 9.53 Å². The maximum Gasteiger partial charge on any atom is 0.357 e. The Balaban J connectivity index is 2.14. The average molecular weight is 277 g/mol. The molecule has 0 saturated carbocycles. The summed E-state index contributed by atoms with van der Waals surface area (Å²) < 4.78 is 4.69. The second kappa shape index (κ2) is 5.79. The van der Waals surface area contributed by atoms with Crippen LogP contribution >= 0.6 is 11.3 Å². The van der Waals surface area contributed by atoms with E-state index in [1.807, 2.05) is 26.0 Å². The quantitative estimate of drug-likeness (QED) is 0.871. The highest BCUT2D eigenvalue weighted by molar-refractivity contribution is 7.15. The van der Waals surface area contributed by atoms with Crippen molar-refractivity contribution in [1.82, 2.24) is 9.97 Å². The van der Waals surface area contributed by atoms with Crippen LogP contribution < -0.4 is 5.32 Å². The minimum atomic E-state index is -0.404. The highest BCUT2D eigenvalue weighted by atomic mass is 32.1. The van der Waals surface area contributed by atoms with Gasteiger partial charge >= 0.3 is 5.97 Å². The number of hydrogen-bond donors (Lipinski definition) is 1. The number of aryl methyl sites for hydroxylation is 1. The predicted octanol–water partition coefficient (Wildman–Crippen LogP) is 2.81. The van der Waals surface area contributed by atoms with Crippen molar-refractivity contribution in [2.45, 2.75) is 19.9 Å². The first kappa shape index (κ1) is 13.5. The van der Waals surface area contributed by atoms with Crippen LogP contribution in [0.3, 0.4) is 0 Å². The fourth-order valence-electron chi connectivity index (χ4n) is 1.66. The van der Waals surface area contributed by atoms with Crippen molar-refractivity contribution in [1.29, 1.82) is 0 Å². The zero-order chi connectivity index (χ0) is 13.8. The monoisotopic (exact) mass is 277 g/mol. The SMILES string of the molecule is COC(=O)c1nc(NC(C)c2ccncc2)sc1C. The molecule has 6 heteroatoms. The molecule has 0 aliphatic carbocycles. The van der Waals surface area contributed by atoms with Gasteiger partial charge in [-0.05, 0) is 31.5 Å². The molecule has 0 bridgehead atoms. The van der Waals surface area contributed by atoms with Crippen LogP contribution in [0.15, 0.2) is 24.5 Å². The molecule has 19 heavy (non-hydrogen) atoms. The summed E-state index contributed by atoms with van der Waals surface area (Å²) in [6.07, 6.45) is 3.50. The zero-order valence-corrected chi connectivity index (χ0v) is 11.8. The number of esters is 1. The van der Waals surface area contributed by atoms with Gasteiger partial charge in [-0.25, -0.2) is 9.78 Å². The molecule has 1 N–H and O–H groups in total. The fourth-order valence-corrected chi connectivity index (χ4v) is 2.55. The van der Waals surface area contributed by atoms with Crippen LogP contribution in [0, 0.1) is 6.92 Å². The molecule has 2 rings (SSSR count). The number of ether oxygens (including phenoxy) is 1. The average Bonchev–Trinajstić information content (AvgIpc) is 2.79. The summed E-state index contributed by atoms with van der Waals surface area (Å²) in [5.41, 5.74) is 1.49. The standard InChI is InChI=1S/C13H15N3O2S/c1-8(10-4-6-14-7-5-10)15-13-16-11(9(2)19-13)12(17)18-3/h4-8H,1-3H3,(H,15,16). The van der Waals surface area contributed by atoms with E-state index in [-0.39, 0.29) is 6.04 Å². The number of thiazole rings is 1. The number of rotatable bonds is 4. The third-order valence-electron chi connectivity index (χ3n) is 2.72. The van der Waals surface area contributed by atoms with Crippen molar-refractivity contribution >= 4 is 22.4 Å². The summed E-state index contributed by atoms with van der Waals surface area (Å²) in [6, 6.07) is 3.98. The maximum atomic E-state index is 11.5. The van der Waals surface area contributed by atoms with Crippen LogP contribution in [-0.2, 0) is 4.74 Å². The number of carbonyl (C=O) groups excluding carboxylic acids is 1. The predicted molar refractivity (Wildman–Crippen MR) is 74.5 cm³/mol. The highest BCUT2D eigenvalue weighted by Gasteiger charge is 2.16. The lowest BCUT2D eigenvalue weighted by molar-refractivity contribution is 0.0594. The Bertz CT molecular complexity index is 569. The Hall–Kier alpha value is -1.95. The first-order valence-corrected chi connectivity index (χ1v) is 6.65. The summed E-state index contributed by atoms with van der Waals surface area (Å²) in [5, 5.41) is 3.98. The van der Waals surface area contributed by atoms with Gasteiger partial charge in [0.05, 0.1) is 13.2 Å². The summed E-state index contributed by atoms with van der Waals surface area (Å²) in [4.78, 5) is 20.6. The molecule has 2 aromatic heterocycles. The Kier molecular flexibility index (Phi) is 4.11. The van der Waals surface area contributed by atoms with Crippen molar-refractivity contribution in [2.75, 3.05) is 12.4 Å². The molecule has 2 heterocycles. The summed E-state index contributed by atoms with van der Waals surface area (Å²) in [6.45, 7) is 3.89. The lowest BCUT2D eigenvalue weighted by Crippen LogP contribution is -2.07. The Morgan fingerprint density at radius 3 is 2.74 bits per heavy atom. The number of anilines is 1. The van der Waals surface area contributed by atoms with Gasteiger partial charge in [-0.2, -0.15) is 0 Å². The molecule has 1 atom stereocenters. The minimum absolute atomic E-state index is 0.0963. The third kappa shape index (κ3) is 3.08. The number of nitrogens with zero attached hydrogens (tertiary/aromatic N) is 2. The van der Waals surface area contributed by atoms with E-state index in [9.17, 15) is 4.79 Å². The summed E-state index contributed by atoms with van der Waals surface area (Å²) >= 11 is 1.44. The number of hydrogen-bond acceptors (Lipinski definition) is 6. The molecule has 100 valence electrons. The smallest absolute Gasteiger partial charge is 0.357 e. The van der Waals surface area contributed by atoms with Crippen molar-refractivity contribution in [2.24, 2.45) is 0 Å². The molecule has 0 aromatic carbocycles. The zero-order valence-electron chi connectivity index (χ0n) is 11.0. The molecule has 0 aliphatic heterocycles. The molecule has 1 unspecified atom stereocenters. The van der Waals surface area contributed by atoms with Gasteiger partial charge in [-0.3, -0.25) is 4.98 Å². The summed E-state index contributed by atoms with van der Waals surface area (Å²) in [7, 11) is 1.35. The van der Waals surface area contributed by atoms with Crippen molar-refractivity contribution in [3.8, 4) is 0 Å². The van der Waals surface area contributed by atoms with Crippen LogP contribution in [0.4, 0.5) is 5.13 Å². The van der Waals surface area contributed by atoms with E-state index in [1.54, 1.807) is 12.4 Å². The van der Waals surface area contributed by atoms with Gasteiger partial charge in [0.15, 0.2) is 10.8 Å². The Labute approximate surface area is 115 Å². The number of nitrogens with one attached hydrogen (secondary N) is 1. The maximum absolute atomic E-state index is 11.5. The second-order valence-electron chi connectivity index (χ2n) is 4.06. The van der Waals surface area contributed by atoms with E-state index in [4.69, 9.17) is 0 Å². The number of pyridine rings is 1. The van der Waals surface area contributed by atoms with Crippen LogP contribution in [0.1, 0.15) is 33.9 Å². The molecule has 5 nitrogen and oxygen atoms in total. The lowest BCUT2D eigenvalue weighted by atomic mass is 10.1. The van der Waals surface area contributed by atoms with E-state index in [1.165, 1.54) is 18.4 Å². The van der Waals surface area contributed by atoms with E-state index in [0.717, 1.165) is 10.4 Å². The molecule has 0 aliphatic rings. The molecule has 0 saturated heterocycles. The molecule has 0 fully saturated rings. The molecule has 2 aromatic rings. The molecular formula is C13H15N3O2S. The second-order valence-corrected chi connectivity index (χ2v) is 5.27. The van der Waals surface area contributed by atoms with E-state index < -0.39 is 5.97 Å². The van der Waals surface area contributed by atoms with E-state index >= 15 is 0 Å². The van der Waals surface area contributed by atoms with Crippen molar-refractivity contribution in [3.63, 3.8) is 0 Å². The number of aromatic nitrogens is 2. The Morgan fingerprint density at radius 1 is 1.42 bits per heavy atom. The first-order valence-electron chi connectivity index (χ1n) is 5.84. The van der Waals surface area contributed by atoms with E-state index in [0.29, 0.717) is 10.8 Å². The van der Waals surface area contributed by atoms with E-state index in [2.05, 4.69) is 20.0 Å². The molecular weight excluding hydrogens is 262 g/mol. The third-order valence-corrected chi connectivity index (χ3v) is 3.62. The topological polar surface area (TPSA) is 64.1 Å². The van der Waals surface area contributed by atoms with Crippen LogP contribution in [0.5, 0.6) is 0 Å². The fraction of sp³-hybridized carbons (Fsp3) is 0.308. The van der Waals surface area contributed by atoms with Gasteiger partial charge in [0.1, 0.15) is 0 Å².